The van der Waals surface area contributed by atoms with Crippen LogP contribution in [0.5, 0.6) is 0 Å². The van der Waals surface area contributed by atoms with E-state index in [1.165, 1.54) is 0 Å². The van der Waals surface area contributed by atoms with Crippen LogP contribution >= 0.6 is 11.6 Å². The van der Waals surface area contributed by atoms with Gasteiger partial charge in [0.1, 0.15) is 0 Å². The number of aromatic nitrogens is 2. The highest BCUT2D eigenvalue weighted by Gasteiger charge is 2.20. The van der Waals surface area contributed by atoms with Crippen molar-refractivity contribution in [2.75, 3.05) is 11.6 Å². The van der Waals surface area contributed by atoms with E-state index >= 15 is 0 Å². The molecule has 5 heteroatoms. The molecule has 0 bridgehead atoms. The number of hydrogen-bond donors (Lipinski definition) is 1. The molecule has 0 aliphatic carbocycles. The van der Waals surface area contributed by atoms with Gasteiger partial charge in [0, 0.05) is 36.6 Å². The van der Waals surface area contributed by atoms with Crippen LogP contribution in [-0.2, 0) is 0 Å². The van der Waals surface area contributed by atoms with Gasteiger partial charge < -0.3 is 10.2 Å². The van der Waals surface area contributed by atoms with Gasteiger partial charge in [0.05, 0.1) is 23.1 Å². The number of halogens is 1. The van der Waals surface area contributed by atoms with Gasteiger partial charge in [0.15, 0.2) is 0 Å². The third-order valence-electron chi connectivity index (χ3n) is 2.80. The number of rotatable bonds is 2. The van der Waals surface area contributed by atoms with Crippen LogP contribution in [0, 0.1) is 0 Å². The summed E-state index contributed by atoms with van der Waals surface area (Å²) in [6, 6.07) is 5.85. The molecule has 0 amide bonds. The predicted octanol–water partition coefficient (Wildman–Crippen LogP) is 2.50. The van der Waals surface area contributed by atoms with Crippen molar-refractivity contribution in [2.24, 2.45) is 0 Å². The van der Waals surface area contributed by atoms with E-state index in [1.807, 2.05) is 24.4 Å². The van der Waals surface area contributed by atoms with Gasteiger partial charge in [-0.25, -0.2) is 0 Å². The van der Waals surface area contributed by atoms with Crippen molar-refractivity contribution in [1.29, 1.82) is 0 Å². The fraction of sp³-hybridized carbons (Fsp3) is 0.0769. The average molecular weight is 259 g/mol. The van der Waals surface area contributed by atoms with Gasteiger partial charge in [0.25, 0.3) is 0 Å². The number of nitrogens with zero attached hydrogens (tertiary/aromatic N) is 3. The quantitative estimate of drug-likeness (QED) is 0.899. The Hall–Kier alpha value is -2.07. The standard InChI is InChI=1S/C13H11ClN4/c14-11-7-16-6-3-12(11)18-9-17-8-13(18)10-1-4-15-5-2-10/h1-8,17H,9H2. The summed E-state index contributed by atoms with van der Waals surface area (Å²) in [6.45, 7) is 0.696. The summed E-state index contributed by atoms with van der Waals surface area (Å²) in [5.41, 5.74) is 3.12. The summed E-state index contributed by atoms with van der Waals surface area (Å²) in [6.07, 6.45) is 8.93. The molecule has 0 aromatic carbocycles. The maximum atomic E-state index is 6.19. The summed E-state index contributed by atoms with van der Waals surface area (Å²) in [7, 11) is 0. The van der Waals surface area contributed by atoms with E-state index in [1.54, 1.807) is 24.8 Å². The summed E-state index contributed by atoms with van der Waals surface area (Å²) >= 11 is 6.19. The van der Waals surface area contributed by atoms with Crippen molar-refractivity contribution in [1.82, 2.24) is 15.3 Å². The molecule has 0 radical (unpaired) electrons. The maximum Gasteiger partial charge on any atom is 0.0923 e. The summed E-state index contributed by atoms with van der Waals surface area (Å²) in [5, 5.41) is 3.85. The van der Waals surface area contributed by atoms with E-state index in [9.17, 15) is 0 Å². The van der Waals surface area contributed by atoms with Crippen molar-refractivity contribution in [3.63, 3.8) is 0 Å². The number of pyridine rings is 2. The lowest BCUT2D eigenvalue weighted by Crippen LogP contribution is -2.22. The van der Waals surface area contributed by atoms with Crippen molar-refractivity contribution in [3.05, 3.63) is 59.8 Å². The molecular formula is C13H11ClN4. The Bertz CT molecular complexity index is 583. The fourth-order valence-electron chi connectivity index (χ4n) is 1.96. The zero-order valence-electron chi connectivity index (χ0n) is 9.55. The molecule has 18 heavy (non-hydrogen) atoms. The lowest BCUT2D eigenvalue weighted by atomic mass is 10.2. The van der Waals surface area contributed by atoms with Crippen LogP contribution in [-0.4, -0.2) is 16.6 Å². The lowest BCUT2D eigenvalue weighted by molar-refractivity contribution is 0.903. The van der Waals surface area contributed by atoms with E-state index < -0.39 is 0 Å². The summed E-state index contributed by atoms with van der Waals surface area (Å²) < 4.78 is 0. The smallest absolute Gasteiger partial charge is 0.0923 e. The molecular weight excluding hydrogens is 248 g/mol. The first kappa shape index (κ1) is 11.0. The number of nitrogens with one attached hydrogen (secondary N) is 1. The molecule has 3 heterocycles. The first-order chi connectivity index (χ1) is 8.86. The molecule has 0 fully saturated rings. The highest BCUT2D eigenvalue weighted by Crippen LogP contribution is 2.32. The molecule has 4 nitrogen and oxygen atoms in total. The highest BCUT2D eigenvalue weighted by molar-refractivity contribution is 6.33. The molecule has 1 N–H and O–H groups in total. The minimum Gasteiger partial charge on any atom is -0.372 e. The normalized spacial score (nSPS) is 14.3. The van der Waals surface area contributed by atoms with E-state index in [4.69, 9.17) is 11.6 Å². The Morgan fingerprint density at radius 2 is 1.89 bits per heavy atom. The molecule has 0 saturated carbocycles. The Morgan fingerprint density at radius 3 is 2.67 bits per heavy atom. The predicted molar refractivity (Wildman–Crippen MR) is 71.9 cm³/mol. The molecule has 2 aromatic heterocycles. The molecule has 90 valence electrons. The van der Waals surface area contributed by atoms with Gasteiger partial charge in [-0.3, -0.25) is 9.97 Å². The van der Waals surface area contributed by atoms with Gasteiger partial charge in [-0.05, 0) is 18.2 Å². The molecule has 0 unspecified atom stereocenters. The minimum absolute atomic E-state index is 0.640. The molecule has 2 aromatic rings. The van der Waals surface area contributed by atoms with Crippen LogP contribution in [0.4, 0.5) is 5.69 Å². The van der Waals surface area contributed by atoms with Crippen molar-refractivity contribution >= 4 is 23.0 Å². The van der Waals surface area contributed by atoms with Crippen molar-refractivity contribution in [2.45, 2.75) is 0 Å². The van der Waals surface area contributed by atoms with E-state index in [0.29, 0.717) is 11.7 Å². The van der Waals surface area contributed by atoms with E-state index in [-0.39, 0.29) is 0 Å². The molecule has 3 rings (SSSR count). The Balaban J connectivity index is 2.00. The van der Waals surface area contributed by atoms with E-state index in [0.717, 1.165) is 16.9 Å². The molecule has 0 atom stereocenters. The summed E-state index contributed by atoms with van der Waals surface area (Å²) in [4.78, 5) is 10.1. The fourth-order valence-corrected chi connectivity index (χ4v) is 2.18. The number of hydrogen-bond acceptors (Lipinski definition) is 4. The van der Waals surface area contributed by atoms with Gasteiger partial charge >= 0.3 is 0 Å². The highest BCUT2D eigenvalue weighted by atomic mass is 35.5. The first-order valence-electron chi connectivity index (χ1n) is 5.57. The van der Waals surface area contributed by atoms with Crippen molar-refractivity contribution in [3.8, 4) is 0 Å². The first-order valence-corrected chi connectivity index (χ1v) is 5.95. The van der Waals surface area contributed by atoms with Crippen LogP contribution in [0.15, 0.2) is 49.2 Å². The molecule has 1 aliphatic rings. The third-order valence-corrected chi connectivity index (χ3v) is 3.09. The minimum atomic E-state index is 0.640. The summed E-state index contributed by atoms with van der Waals surface area (Å²) in [5.74, 6) is 0. The van der Waals surface area contributed by atoms with Gasteiger partial charge in [0.2, 0.25) is 0 Å². The van der Waals surface area contributed by atoms with Crippen molar-refractivity contribution < 1.29 is 0 Å². The molecule has 0 saturated heterocycles. The third kappa shape index (κ3) is 1.91. The average Bonchev–Trinajstić information content (AvgIpc) is 2.89. The van der Waals surface area contributed by atoms with Crippen LogP contribution in [0.25, 0.3) is 5.70 Å². The van der Waals surface area contributed by atoms with Crippen LogP contribution < -0.4 is 10.2 Å². The molecule has 0 spiro atoms. The zero-order valence-corrected chi connectivity index (χ0v) is 10.3. The van der Waals surface area contributed by atoms with Gasteiger partial charge in [-0.15, -0.1) is 0 Å². The van der Waals surface area contributed by atoms with Gasteiger partial charge in [-0.1, -0.05) is 11.6 Å². The molecule has 1 aliphatic heterocycles. The Morgan fingerprint density at radius 1 is 1.11 bits per heavy atom. The van der Waals surface area contributed by atoms with Crippen LogP contribution in [0.3, 0.4) is 0 Å². The largest absolute Gasteiger partial charge is 0.372 e. The second-order valence-corrected chi connectivity index (χ2v) is 4.29. The Labute approximate surface area is 110 Å². The lowest BCUT2D eigenvalue weighted by Gasteiger charge is -2.22. The second-order valence-electron chi connectivity index (χ2n) is 3.88. The monoisotopic (exact) mass is 258 g/mol. The number of anilines is 1. The Kier molecular flexibility index (Phi) is 2.86. The topological polar surface area (TPSA) is 41.1 Å². The SMILES string of the molecule is Clc1cnccc1N1CNC=C1c1ccncc1. The van der Waals surface area contributed by atoms with Crippen LogP contribution in [0.2, 0.25) is 5.02 Å². The van der Waals surface area contributed by atoms with Gasteiger partial charge in [-0.2, -0.15) is 0 Å². The zero-order chi connectivity index (χ0) is 12.4. The second kappa shape index (κ2) is 4.66. The van der Waals surface area contributed by atoms with E-state index in [2.05, 4.69) is 20.2 Å². The van der Waals surface area contributed by atoms with Crippen LogP contribution in [0.1, 0.15) is 5.56 Å². The maximum absolute atomic E-state index is 6.19.